The van der Waals surface area contributed by atoms with Crippen LogP contribution in [0.25, 0.3) is 0 Å². The minimum Gasteiger partial charge on any atom is -0.481 e. The number of nitrogens with two attached hydrogens (primary N) is 1. The fraction of sp³-hybridized carbons (Fsp3) is 0.222. The third-order valence-electron chi connectivity index (χ3n) is 3.05. The fourth-order valence-corrected chi connectivity index (χ4v) is 1.93. The number of carbonyl (C=O) groups is 1. The van der Waals surface area contributed by atoms with E-state index >= 15 is 0 Å². The molecule has 5 nitrogen and oxygen atoms in total. The largest absolute Gasteiger partial charge is 0.481 e. The fourth-order valence-electron chi connectivity index (χ4n) is 1.93. The van der Waals surface area contributed by atoms with Crippen molar-refractivity contribution in [1.29, 1.82) is 0 Å². The van der Waals surface area contributed by atoms with Crippen LogP contribution in [0.2, 0.25) is 0 Å². The van der Waals surface area contributed by atoms with Gasteiger partial charge in [0.25, 0.3) is 5.91 Å². The van der Waals surface area contributed by atoms with Crippen molar-refractivity contribution in [3.8, 4) is 17.6 Å². The van der Waals surface area contributed by atoms with Crippen molar-refractivity contribution in [3.05, 3.63) is 53.7 Å². The molecule has 1 amide bonds. The molecule has 23 heavy (non-hydrogen) atoms. The first-order valence-corrected chi connectivity index (χ1v) is 7.37. The Labute approximate surface area is 135 Å². The monoisotopic (exact) mass is 309 g/mol. The molecule has 0 aliphatic rings. The first-order chi connectivity index (χ1) is 11.2. The lowest BCUT2D eigenvalue weighted by Crippen LogP contribution is -2.24. The second-order valence-corrected chi connectivity index (χ2v) is 4.76. The smallest absolute Gasteiger partial charge is 0.255 e. The van der Waals surface area contributed by atoms with Gasteiger partial charge in [-0.05, 0) is 29.8 Å². The number of carbonyl (C=O) groups excluding carboxylic acids is 1. The summed E-state index contributed by atoms with van der Waals surface area (Å²) in [6.07, 6.45) is 2.36. The van der Waals surface area contributed by atoms with Crippen LogP contribution in [-0.2, 0) is 6.54 Å². The Morgan fingerprint density at radius 2 is 2.17 bits per heavy atom. The molecular weight excluding hydrogens is 290 g/mol. The summed E-state index contributed by atoms with van der Waals surface area (Å²) in [5.41, 5.74) is 6.99. The molecule has 0 aliphatic heterocycles. The molecule has 2 aromatic rings. The number of rotatable bonds is 5. The van der Waals surface area contributed by atoms with Crippen molar-refractivity contribution in [2.24, 2.45) is 0 Å². The van der Waals surface area contributed by atoms with Crippen LogP contribution in [0.4, 0.5) is 5.82 Å². The van der Waals surface area contributed by atoms with E-state index in [9.17, 15) is 4.79 Å². The predicted molar refractivity (Wildman–Crippen MR) is 89.8 cm³/mol. The molecule has 0 fully saturated rings. The molecule has 1 aromatic heterocycles. The predicted octanol–water partition coefficient (Wildman–Crippen LogP) is 2.39. The Morgan fingerprint density at radius 1 is 1.30 bits per heavy atom. The van der Waals surface area contributed by atoms with E-state index in [-0.39, 0.29) is 11.7 Å². The number of nitrogens with zero attached hydrogens (tertiary/aromatic N) is 1. The Morgan fingerprint density at radius 3 is 2.96 bits per heavy atom. The van der Waals surface area contributed by atoms with Crippen molar-refractivity contribution in [2.45, 2.75) is 19.9 Å². The number of benzene rings is 1. The zero-order valence-electron chi connectivity index (χ0n) is 13.0. The number of nitrogen functional groups attached to an aromatic ring is 1. The maximum atomic E-state index is 12.1. The van der Waals surface area contributed by atoms with Crippen LogP contribution in [0.1, 0.15) is 29.3 Å². The molecule has 0 bridgehead atoms. The Kier molecular flexibility index (Phi) is 6.01. The van der Waals surface area contributed by atoms with Crippen LogP contribution in [0.3, 0.4) is 0 Å². The SMILES string of the molecule is CCC#CCOc1cccc(CNC(=O)c2cccnc2N)c1. The molecule has 0 spiro atoms. The van der Waals surface area contributed by atoms with Gasteiger partial charge in [0.1, 0.15) is 18.2 Å². The Hall–Kier alpha value is -3.00. The Balaban J connectivity index is 1.93. The van der Waals surface area contributed by atoms with E-state index in [2.05, 4.69) is 22.1 Å². The van der Waals surface area contributed by atoms with Gasteiger partial charge in [0, 0.05) is 19.2 Å². The number of pyridine rings is 1. The van der Waals surface area contributed by atoms with E-state index < -0.39 is 0 Å². The lowest BCUT2D eigenvalue weighted by Gasteiger charge is -2.08. The number of hydrogen-bond donors (Lipinski definition) is 2. The molecule has 0 radical (unpaired) electrons. The highest BCUT2D eigenvalue weighted by Gasteiger charge is 2.09. The lowest BCUT2D eigenvalue weighted by atomic mass is 10.2. The van der Waals surface area contributed by atoms with E-state index in [0.29, 0.717) is 18.7 Å². The quantitative estimate of drug-likeness (QED) is 0.831. The summed E-state index contributed by atoms with van der Waals surface area (Å²) in [6.45, 7) is 2.73. The van der Waals surface area contributed by atoms with Gasteiger partial charge in [0.2, 0.25) is 0 Å². The average molecular weight is 309 g/mol. The van der Waals surface area contributed by atoms with Crippen molar-refractivity contribution in [1.82, 2.24) is 10.3 Å². The summed E-state index contributed by atoms with van der Waals surface area (Å²) >= 11 is 0. The highest BCUT2D eigenvalue weighted by Crippen LogP contribution is 2.13. The molecule has 0 atom stereocenters. The van der Waals surface area contributed by atoms with Crippen molar-refractivity contribution < 1.29 is 9.53 Å². The number of ether oxygens (including phenoxy) is 1. The van der Waals surface area contributed by atoms with Crippen LogP contribution >= 0.6 is 0 Å². The van der Waals surface area contributed by atoms with Gasteiger partial charge in [0.05, 0.1) is 5.56 Å². The molecule has 0 aliphatic carbocycles. The maximum absolute atomic E-state index is 12.1. The molecule has 2 rings (SSSR count). The van der Waals surface area contributed by atoms with Gasteiger partial charge in [-0.1, -0.05) is 25.0 Å². The van der Waals surface area contributed by atoms with Gasteiger partial charge in [0.15, 0.2) is 0 Å². The van der Waals surface area contributed by atoms with Crippen LogP contribution in [-0.4, -0.2) is 17.5 Å². The van der Waals surface area contributed by atoms with Crippen molar-refractivity contribution in [3.63, 3.8) is 0 Å². The van der Waals surface area contributed by atoms with E-state index in [1.807, 2.05) is 31.2 Å². The van der Waals surface area contributed by atoms with Gasteiger partial charge in [-0.2, -0.15) is 0 Å². The first kappa shape index (κ1) is 16.4. The molecule has 0 unspecified atom stereocenters. The zero-order chi connectivity index (χ0) is 16.5. The van der Waals surface area contributed by atoms with Gasteiger partial charge >= 0.3 is 0 Å². The van der Waals surface area contributed by atoms with E-state index in [0.717, 1.165) is 17.7 Å². The molecule has 5 heteroatoms. The zero-order valence-corrected chi connectivity index (χ0v) is 13.0. The molecular formula is C18H19N3O2. The third-order valence-corrected chi connectivity index (χ3v) is 3.05. The van der Waals surface area contributed by atoms with Gasteiger partial charge in [-0.15, -0.1) is 5.92 Å². The van der Waals surface area contributed by atoms with Crippen LogP contribution in [0.15, 0.2) is 42.6 Å². The highest BCUT2D eigenvalue weighted by molar-refractivity contribution is 5.98. The number of amides is 1. The Bertz CT molecular complexity index is 732. The number of hydrogen-bond acceptors (Lipinski definition) is 4. The standard InChI is InChI=1S/C18H19N3O2/c1-2-3-4-11-23-15-8-5-7-14(12-15)13-21-18(22)16-9-6-10-20-17(16)19/h5-10,12H,2,11,13H2,1H3,(H2,19,20)(H,21,22). The van der Waals surface area contributed by atoms with Crippen LogP contribution in [0, 0.1) is 11.8 Å². The minimum absolute atomic E-state index is 0.219. The summed E-state index contributed by atoms with van der Waals surface area (Å²) in [6, 6.07) is 10.8. The topological polar surface area (TPSA) is 77.2 Å². The number of aromatic nitrogens is 1. The molecule has 1 heterocycles. The molecule has 1 aromatic carbocycles. The van der Waals surface area contributed by atoms with E-state index in [1.165, 1.54) is 0 Å². The summed E-state index contributed by atoms with van der Waals surface area (Å²) < 4.78 is 5.54. The maximum Gasteiger partial charge on any atom is 0.255 e. The highest BCUT2D eigenvalue weighted by atomic mass is 16.5. The second-order valence-electron chi connectivity index (χ2n) is 4.76. The van der Waals surface area contributed by atoms with Crippen LogP contribution < -0.4 is 15.8 Å². The summed E-state index contributed by atoms with van der Waals surface area (Å²) in [5, 5.41) is 2.82. The summed E-state index contributed by atoms with van der Waals surface area (Å²) in [7, 11) is 0. The molecule has 0 saturated carbocycles. The van der Waals surface area contributed by atoms with Gasteiger partial charge in [-0.3, -0.25) is 4.79 Å². The number of nitrogens with one attached hydrogen (secondary N) is 1. The lowest BCUT2D eigenvalue weighted by molar-refractivity contribution is 0.0951. The molecule has 118 valence electrons. The third kappa shape index (κ3) is 5.04. The van der Waals surface area contributed by atoms with E-state index in [4.69, 9.17) is 10.5 Å². The normalized spacial score (nSPS) is 9.61. The second kappa shape index (κ2) is 8.44. The average Bonchev–Trinajstić information content (AvgIpc) is 2.57. The van der Waals surface area contributed by atoms with Crippen LogP contribution in [0.5, 0.6) is 5.75 Å². The van der Waals surface area contributed by atoms with Gasteiger partial charge in [-0.25, -0.2) is 4.98 Å². The number of anilines is 1. The summed E-state index contributed by atoms with van der Waals surface area (Å²) in [4.78, 5) is 16.0. The molecule has 0 saturated heterocycles. The van der Waals surface area contributed by atoms with E-state index in [1.54, 1.807) is 18.3 Å². The molecule has 3 N–H and O–H groups in total. The summed E-state index contributed by atoms with van der Waals surface area (Å²) in [5.74, 6) is 6.56. The van der Waals surface area contributed by atoms with Crippen molar-refractivity contribution >= 4 is 11.7 Å². The van der Waals surface area contributed by atoms with Gasteiger partial charge < -0.3 is 15.8 Å². The minimum atomic E-state index is -0.254. The first-order valence-electron chi connectivity index (χ1n) is 7.37. The van der Waals surface area contributed by atoms with Crippen molar-refractivity contribution in [2.75, 3.05) is 12.3 Å².